The molecule has 4 heteroatoms. The summed E-state index contributed by atoms with van der Waals surface area (Å²) in [6.45, 7) is 5.96. The quantitative estimate of drug-likeness (QED) is 0.658. The topological polar surface area (TPSA) is 58.4 Å². The number of amides is 1. The fourth-order valence-electron chi connectivity index (χ4n) is 2.94. The van der Waals surface area contributed by atoms with Crippen molar-refractivity contribution in [2.75, 3.05) is 18.5 Å². The Bertz CT molecular complexity index is 473. The maximum atomic E-state index is 12.6. The average Bonchev–Trinajstić information content (AvgIpc) is 2.71. The van der Waals surface area contributed by atoms with Gasteiger partial charge < -0.3 is 10.3 Å². The Labute approximate surface area is 121 Å². The van der Waals surface area contributed by atoms with Crippen molar-refractivity contribution in [1.29, 1.82) is 0 Å². The number of carbonyl (C=O) groups is 1. The molecule has 2 rings (SSSR count). The van der Waals surface area contributed by atoms with Crippen molar-refractivity contribution in [1.82, 2.24) is 4.90 Å². The molecule has 0 radical (unpaired) electrons. The summed E-state index contributed by atoms with van der Waals surface area (Å²) in [5.74, 6) is 6.32. The molecule has 20 heavy (non-hydrogen) atoms. The number of hydrazine groups is 1. The monoisotopic (exact) mass is 275 g/mol. The average molecular weight is 275 g/mol. The second-order valence-corrected chi connectivity index (χ2v) is 5.67. The van der Waals surface area contributed by atoms with Gasteiger partial charge in [0.05, 0.1) is 0 Å². The first kappa shape index (κ1) is 14.9. The van der Waals surface area contributed by atoms with Crippen molar-refractivity contribution in [2.24, 2.45) is 11.8 Å². The highest BCUT2D eigenvalue weighted by molar-refractivity contribution is 5.96. The minimum absolute atomic E-state index is 0.155. The Balaban J connectivity index is 2.10. The van der Waals surface area contributed by atoms with Gasteiger partial charge in [0, 0.05) is 24.3 Å². The third-order valence-electron chi connectivity index (χ3n) is 4.34. The van der Waals surface area contributed by atoms with Crippen LogP contribution in [0.4, 0.5) is 5.69 Å². The van der Waals surface area contributed by atoms with Crippen LogP contribution in [0.25, 0.3) is 0 Å². The lowest BCUT2D eigenvalue weighted by molar-refractivity contribution is 0.0759. The second-order valence-electron chi connectivity index (χ2n) is 5.67. The van der Waals surface area contributed by atoms with Gasteiger partial charge >= 0.3 is 0 Å². The number of anilines is 1. The van der Waals surface area contributed by atoms with E-state index in [1.807, 2.05) is 30.0 Å². The molecule has 0 aromatic heterocycles. The van der Waals surface area contributed by atoms with Gasteiger partial charge in [0.15, 0.2) is 0 Å². The van der Waals surface area contributed by atoms with Gasteiger partial charge in [-0.25, -0.2) is 0 Å². The Kier molecular flexibility index (Phi) is 5.01. The lowest BCUT2D eigenvalue weighted by atomic mass is 9.98. The third kappa shape index (κ3) is 3.31. The summed E-state index contributed by atoms with van der Waals surface area (Å²) in [6.07, 6.45) is 4.71. The van der Waals surface area contributed by atoms with Crippen LogP contribution in [-0.2, 0) is 0 Å². The molecule has 1 aromatic carbocycles. The van der Waals surface area contributed by atoms with Gasteiger partial charge in [0.2, 0.25) is 0 Å². The highest BCUT2D eigenvalue weighted by Gasteiger charge is 2.21. The number of rotatable bonds is 3. The highest BCUT2D eigenvalue weighted by atomic mass is 16.2. The van der Waals surface area contributed by atoms with E-state index < -0.39 is 0 Å². The molecule has 1 fully saturated rings. The predicted octanol–water partition coefficient (Wildman–Crippen LogP) is 2.93. The van der Waals surface area contributed by atoms with Crippen molar-refractivity contribution in [3.05, 3.63) is 29.3 Å². The number of nitrogens with zero attached hydrogens (tertiary/aromatic N) is 1. The van der Waals surface area contributed by atoms with Crippen LogP contribution in [0.15, 0.2) is 18.2 Å². The Morgan fingerprint density at radius 1 is 1.40 bits per heavy atom. The first-order valence-corrected chi connectivity index (χ1v) is 7.52. The van der Waals surface area contributed by atoms with Gasteiger partial charge in [-0.05, 0) is 55.9 Å². The minimum atomic E-state index is 0.155. The molecule has 4 nitrogen and oxygen atoms in total. The van der Waals surface area contributed by atoms with Crippen LogP contribution in [-0.4, -0.2) is 23.9 Å². The van der Waals surface area contributed by atoms with Crippen LogP contribution < -0.4 is 11.3 Å². The standard InChI is InChI=1S/C16H25N3O/c1-3-13-5-4-9-19(10-8-13)16(20)15-7-6-14(18-17)11-12(15)2/h6-7,11,13,18H,3-5,8-10,17H2,1-2H3. The van der Waals surface area contributed by atoms with Crippen molar-refractivity contribution in [3.8, 4) is 0 Å². The zero-order valence-corrected chi connectivity index (χ0v) is 12.5. The molecule has 1 aromatic rings. The number of nitrogens with two attached hydrogens (primary N) is 1. The highest BCUT2D eigenvalue weighted by Crippen LogP contribution is 2.23. The van der Waals surface area contributed by atoms with Crippen molar-refractivity contribution in [3.63, 3.8) is 0 Å². The molecule has 3 N–H and O–H groups in total. The number of benzene rings is 1. The summed E-state index contributed by atoms with van der Waals surface area (Å²) in [4.78, 5) is 14.6. The molecule has 1 saturated heterocycles. The van der Waals surface area contributed by atoms with Crippen LogP contribution in [0, 0.1) is 12.8 Å². The third-order valence-corrected chi connectivity index (χ3v) is 4.34. The maximum absolute atomic E-state index is 12.6. The zero-order chi connectivity index (χ0) is 14.5. The zero-order valence-electron chi connectivity index (χ0n) is 12.5. The Morgan fingerprint density at radius 3 is 2.85 bits per heavy atom. The van der Waals surface area contributed by atoms with E-state index in [0.717, 1.165) is 48.7 Å². The smallest absolute Gasteiger partial charge is 0.254 e. The first-order valence-electron chi connectivity index (χ1n) is 7.52. The van der Waals surface area contributed by atoms with Crippen molar-refractivity contribution < 1.29 is 4.79 Å². The molecule has 1 amide bonds. The molecule has 0 aliphatic carbocycles. The lowest BCUT2D eigenvalue weighted by Gasteiger charge is -2.22. The molecule has 1 unspecified atom stereocenters. The first-order chi connectivity index (χ1) is 9.65. The number of nitrogens with one attached hydrogen (secondary N) is 1. The van der Waals surface area contributed by atoms with Crippen LogP contribution in [0.2, 0.25) is 0 Å². The number of nitrogen functional groups attached to an aromatic ring is 1. The molecular weight excluding hydrogens is 250 g/mol. The van der Waals surface area contributed by atoms with Gasteiger partial charge in [-0.15, -0.1) is 0 Å². The SMILES string of the molecule is CCC1CCCN(C(=O)c2ccc(NN)cc2C)CC1. The summed E-state index contributed by atoms with van der Waals surface area (Å²) in [5.41, 5.74) is 5.21. The summed E-state index contributed by atoms with van der Waals surface area (Å²) < 4.78 is 0. The van der Waals surface area contributed by atoms with E-state index in [1.54, 1.807) is 0 Å². The molecule has 0 spiro atoms. The number of carbonyl (C=O) groups excluding carboxylic acids is 1. The normalized spacial score (nSPS) is 19.6. The molecular formula is C16H25N3O. The van der Waals surface area contributed by atoms with Gasteiger partial charge in [0.25, 0.3) is 5.91 Å². The summed E-state index contributed by atoms with van der Waals surface area (Å²) >= 11 is 0. The summed E-state index contributed by atoms with van der Waals surface area (Å²) in [6, 6.07) is 5.64. The van der Waals surface area contributed by atoms with Gasteiger partial charge in [-0.3, -0.25) is 10.6 Å². The van der Waals surface area contributed by atoms with Crippen LogP contribution in [0.1, 0.15) is 48.5 Å². The van der Waals surface area contributed by atoms with Crippen molar-refractivity contribution in [2.45, 2.75) is 39.5 Å². The fraction of sp³-hybridized carbons (Fsp3) is 0.562. The molecule has 0 saturated carbocycles. The van der Waals surface area contributed by atoms with E-state index in [9.17, 15) is 4.79 Å². The van der Waals surface area contributed by atoms with Gasteiger partial charge in [-0.2, -0.15) is 0 Å². The summed E-state index contributed by atoms with van der Waals surface area (Å²) in [7, 11) is 0. The predicted molar refractivity (Wildman–Crippen MR) is 82.5 cm³/mol. The Morgan fingerprint density at radius 2 is 2.20 bits per heavy atom. The van der Waals surface area contributed by atoms with Crippen LogP contribution >= 0.6 is 0 Å². The molecule has 0 bridgehead atoms. The van der Waals surface area contributed by atoms with E-state index in [2.05, 4.69) is 12.3 Å². The minimum Gasteiger partial charge on any atom is -0.339 e. The molecule has 1 atom stereocenters. The summed E-state index contributed by atoms with van der Waals surface area (Å²) in [5, 5.41) is 0. The molecule has 1 heterocycles. The molecule has 110 valence electrons. The maximum Gasteiger partial charge on any atom is 0.254 e. The number of likely N-dealkylation sites (tertiary alicyclic amines) is 1. The lowest BCUT2D eigenvalue weighted by Crippen LogP contribution is -2.32. The van der Waals surface area contributed by atoms with Gasteiger partial charge in [0.1, 0.15) is 0 Å². The number of aryl methyl sites for hydroxylation is 1. The van der Waals surface area contributed by atoms with E-state index in [4.69, 9.17) is 5.84 Å². The van der Waals surface area contributed by atoms with Crippen molar-refractivity contribution >= 4 is 11.6 Å². The van der Waals surface area contributed by atoms with E-state index in [-0.39, 0.29) is 5.91 Å². The van der Waals surface area contributed by atoms with E-state index in [0.29, 0.717) is 0 Å². The van der Waals surface area contributed by atoms with E-state index in [1.165, 1.54) is 12.8 Å². The largest absolute Gasteiger partial charge is 0.339 e. The second kappa shape index (κ2) is 6.75. The molecule has 1 aliphatic rings. The van der Waals surface area contributed by atoms with Gasteiger partial charge in [-0.1, -0.05) is 13.3 Å². The number of hydrogen-bond acceptors (Lipinski definition) is 3. The van der Waals surface area contributed by atoms with Crippen LogP contribution in [0.3, 0.4) is 0 Å². The van der Waals surface area contributed by atoms with Crippen LogP contribution in [0.5, 0.6) is 0 Å². The Hall–Kier alpha value is -1.55. The molecule has 1 aliphatic heterocycles. The van der Waals surface area contributed by atoms with E-state index >= 15 is 0 Å². The number of hydrogen-bond donors (Lipinski definition) is 2. The fourth-order valence-corrected chi connectivity index (χ4v) is 2.94.